The zero-order valence-corrected chi connectivity index (χ0v) is 26.2. The second kappa shape index (κ2) is 14.2. The van der Waals surface area contributed by atoms with E-state index in [4.69, 9.17) is 37.4 Å². The van der Waals surface area contributed by atoms with Crippen molar-refractivity contribution in [2.45, 2.75) is 39.2 Å². The molecule has 1 heterocycles. The number of piperidine rings is 1. The van der Waals surface area contributed by atoms with Crippen LogP contribution in [0.2, 0.25) is 10.0 Å². The molecule has 2 amide bonds. The molecule has 1 aliphatic heterocycles. The second-order valence-electron chi connectivity index (χ2n) is 10.9. The van der Waals surface area contributed by atoms with E-state index < -0.39 is 12.0 Å². The van der Waals surface area contributed by atoms with Gasteiger partial charge in [-0.15, -0.1) is 0 Å². The van der Waals surface area contributed by atoms with Crippen LogP contribution in [-0.4, -0.2) is 39.7 Å². The van der Waals surface area contributed by atoms with E-state index in [1.807, 2.05) is 48.5 Å². The first kappa shape index (κ1) is 31.5. The normalized spacial score (nSPS) is 17.6. The number of nitrogens with zero attached hydrogens (tertiary/aromatic N) is 1. The van der Waals surface area contributed by atoms with Crippen molar-refractivity contribution >= 4 is 40.7 Å². The first-order valence-corrected chi connectivity index (χ1v) is 14.8. The highest BCUT2D eigenvalue weighted by atomic mass is 35.5. The third-order valence-electron chi connectivity index (χ3n) is 8.01. The molecule has 3 unspecified atom stereocenters. The lowest BCUT2D eigenvalue weighted by Crippen LogP contribution is -2.49. The number of nitrogens with one attached hydrogen (secondary N) is 1. The molecule has 1 saturated heterocycles. The van der Waals surface area contributed by atoms with E-state index in [2.05, 4.69) is 19.2 Å². The zero-order chi connectivity index (χ0) is 30.4. The number of rotatable bonds is 11. The summed E-state index contributed by atoms with van der Waals surface area (Å²) in [6, 6.07) is 17.8. The van der Waals surface area contributed by atoms with Crippen molar-refractivity contribution < 1.29 is 23.8 Å². The molecule has 1 aliphatic rings. The van der Waals surface area contributed by atoms with Gasteiger partial charge in [-0.05, 0) is 84.3 Å². The number of hydrogen-bond donors (Lipinski definition) is 1. The molecule has 3 atom stereocenters. The van der Waals surface area contributed by atoms with Gasteiger partial charge >= 0.3 is 0 Å². The summed E-state index contributed by atoms with van der Waals surface area (Å²) in [6.07, 6.45) is 1.38. The van der Waals surface area contributed by atoms with E-state index in [9.17, 15) is 9.59 Å². The summed E-state index contributed by atoms with van der Waals surface area (Å²) >= 11 is 12.6. The number of ether oxygens (including phenoxy) is 3. The minimum Gasteiger partial charge on any atom is -0.497 e. The van der Waals surface area contributed by atoms with Crippen LogP contribution in [0.15, 0.2) is 60.7 Å². The van der Waals surface area contributed by atoms with E-state index in [0.29, 0.717) is 58.3 Å². The molecule has 42 heavy (non-hydrogen) atoms. The summed E-state index contributed by atoms with van der Waals surface area (Å²) in [6.45, 7) is 4.75. The van der Waals surface area contributed by atoms with Crippen LogP contribution in [-0.2, 0) is 16.0 Å². The lowest BCUT2D eigenvalue weighted by molar-refractivity contribution is -0.129. The van der Waals surface area contributed by atoms with Crippen molar-refractivity contribution in [3.05, 3.63) is 81.8 Å². The zero-order valence-electron chi connectivity index (χ0n) is 24.7. The van der Waals surface area contributed by atoms with Crippen molar-refractivity contribution in [1.82, 2.24) is 5.32 Å². The van der Waals surface area contributed by atoms with Gasteiger partial charge in [-0.3, -0.25) is 9.59 Å². The topological polar surface area (TPSA) is 77.1 Å². The quantitative estimate of drug-likeness (QED) is 0.249. The lowest BCUT2D eigenvalue weighted by atomic mass is 9.82. The fraction of sp³-hybridized carbons (Fsp3) is 0.394. The van der Waals surface area contributed by atoms with E-state index in [1.54, 1.807) is 38.4 Å². The number of carbonyl (C=O) groups excluding carboxylic acids is 2. The minimum absolute atomic E-state index is 0.0542. The van der Waals surface area contributed by atoms with Crippen LogP contribution >= 0.6 is 23.2 Å². The number of hydrogen-bond acceptors (Lipinski definition) is 5. The number of amides is 2. The molecule has 3 aromatic carbocycles. The molecule has 1 N–H and O–H groups in total. The third kappa shape index (κ3) is 7.13. The molecule has 0 radical (unpaired) electrons. The van der Waals surface area contributed by atoms with Gasteiger partial charge in [0.1, 0.15) is 5.75 Å². The largest absolute Gasteiger partial charge is 0.497 e. The highest BCUT2D eigenvalue weighted by Gasteiger charge is 2.42. The maximum Gasteiger partial charge on any atom is 0.227 e. The van der Waals surface area contributed by atoms with Crippen LogP contribution in [0.1, 0.15) is 43.9 Å². The summed E-state index contributed by atoms with van der Waals surface area (Å²) in [7, 11) is 4.74. The number of anilines is 1. The average molecular weight is 614 g/mol. The van der Waals surface area contributed by atoms with Gasteiger partial charge in [-0.25, -0.2) is 0 Å². The number of halogens is 2. The Morgan fingerprint density at radius 3 is 2.29 bits per heavy atom. The monoisotopic (exact) mass is 612 g/mol. The van der Waals surface area contributed by atoms with Crippen molar-refractivity contribution in [2.75, 3.05) is 32.8 Å². The highest BCUT2D eigenvalue weighted by Crippen LogP contribution is 2.43. The molecule has 0 saturated carbocycles. The Balaban J connectivity index is 1.65. The van der Waals surface area contributed by atoms with E-state index >= 15 is 0 Å². The minimum atomic E-state index is -0.553. The Bertz CT molecular complexity index is 1400. The average Bonchev–Trinajstić information content (AvgIpc) is 2.99. The third-order valence-corrected chi connectivity index (χ3v) is 8.60. The van der Waals surface area contributed by atoms with Crippen LogP contribution in [0.25, 0.3) is 0 Å². The number of methoxy groups -OCH3 is 3. The molecule has 1 fully saturated rings. The first-order chi connectivity index (χ1) is 20.2. The summed E-state index contributed by atoms with van der Waals surface area (Å²) in [5.74, 6) is 1.57. The molecule has 4 rings (SSSR count). The number of benzene rings is 3. The fourth-order valence-electron chi connectivity index (χ4n) is 5.51. The van der Waals surface area contributed by atoms with Gasteiger partial charge in [0.25, 0.3) is 0 Å². The molecule has 224 valence electrons. The van der Waals surface area contributed by atoms with Crippen LogP contribution in [0.3, 0.4) is 0 Å². The van der Waals surface area contributed by atoms with Crippen LogP contribution < -0.4 is 24.4 Å². The summed E-state index contributed by atoms with van der Waals surface area (Å²) in [5, 5.41) is 4.43. The van der Waals surface area contributed by atoms with Crippen molar-refractivity contribution in [3.8, 4) is 17.2 Å². The van der Waals surface area contributed by atoms with Gasteiger partial charge < -0.3 is 24.4 Å². The Hall–Kier alpha value is -3.42. The molecule has 0 aliphatic carbocycles. The molecule has 0 bridgehead atoms. The van der Waals surface area contributed by atoms with Gasteiger partial charge in [0.15, 0.2) is 11.5 Å². The maximum atomic E-state index is 14.0. The number of carbonyl (C=O) groups is 2. The van der Waals surface area contributed by atoms with Crippen molar-refractivity contribution in [1.29, 1.82) is 0 Å². The van der Waals surface area contributed by atoms with E-state index in [-0.39, 0.29) is 24.2 Å². The standard InChI is InChI=1S/C33H38Cl2N2O5/c1-20(2)23(16-21-6-8-24(34)18-28(21)35)19-36-33(39)27-13-15-31(38)37(25-9-11-26(40-3)12-10-25)32(27)22-7-14-29(41-4)30(17-22)42-5/h6-12,14,17-18,20,23,27,32H,13,15-16,19H2,1-5H3,(H,36,39). The predicted molar refractivity (Wildman–Crippen MR) is 167 cm³/mol. The molecule has 0 spiro atoms. The van der Waals surface area contributed by atoms with Crippen molar-refractivity contribution in [2.24, 2.45) is 17.8 Å². The van der Waals surface area contributed by atoms with Crippen molar-refractivity contribution in [3.63, 3.8) is 0 Å². The maximum absolute atomic E-state index is 14.0. The van der Waals surface area contributed by atoms with Gasteiger partial charge in [0, 0.05) is 28.7 Å². The molecule has 3 aromatic rings. The smallest absolute Gasteiger partial charge is 0.227 e. The Labute approximate surface area is 258 Å². The van der Waals surface area contributed by atoms with Gasteiger partial charge in [-0.1, -0.05) is 49.2 Å². The van der Waals surface area contributed by atoms with Gasteiger partial charge in [0.05, 0.1) is 33.3 Å². The van der Waals surface area contributed by atoms with Gasteiger partial charge in [0.2, 0.25) is 11.8 Å². The lowest BCUT2D eigenvalue weighted by Gasteiger charge is -2.41. The van der Waals surface area contributed by atoms with E-state index in [0.717, 1.165) is 11.1 Å². The van der Waals surface area contributed by atoms with Gasteiger partial charge in [-0.2, -0.15) is 0 Å². The summed E-state index contributed by atoms with van der Waals surface area (Å²) in [5.41, 5.74) is 2.46. The summed E-state index contributed by atoms with van der Waals surface area (Å²) < 4.78 is 16.3. The first-order valence-electron chi connectivity index (χ1n) is 14.1. The Morgan fingerprint density at radius 1 is 0.952 bits per heavy atom. The van der Waals surface area contributed by atoms with Crippen LogP contribution in [0, 0.1) is 17.8 Å². The Kier molecular flexibility index (Phi) is 10.6. The van der Waals surface area contributed by atoms with Crippen LogP contribution in [0.5, 0.6) is 17.2 Å². The van der Waals surface area contributed by atoms with Crippen LogP contribution in [0.4, 0.5) is 5.69 Å². The molecule has 7 nitrogen and oxygen atoms in total. The second-order valence-corrected chi connectivity index (χ2v) is 11.7. The molecule has 9 heteroatoms. The molecular weight excluding hydrogens is 575 g/mol. The van der Waals surface area contributed by atoms with E-state index in [1.165, 1.54) is 0 Å². The molecular formula is C33H38Cl2N2O5. The summed E-state index contributed by atoms with van der Waals surface area (Å²) in [4.78, 5) is 29.2. The molecule has 0 aromatic heterocycles. The predicted octanol–water partition coefficient (Wildman–Crippen LogP) is 7.13. The fourth-order valence-corrected chi connectivity index (χ4v) is 5.99. The highest BCUT2D eigenvalue weighted by molar-refractivity contribution is 6.35. The Morgan fingerprint density at radius 2 is 1.67 bits per heavy atom. The SMILES string of the molecule is COc1ccc(N2C(=O)CCC(C(=O)NCC(Cc3ccc(Cl)cc3Cl)C(C)C)C2c2ccc(OC)c(OC)c2)cc1.